The van der Waals surface area contributed by atoms with Gasteiger partial charge in [-0.1, -0.05) is 19.3 Å². The Morgan fingerprint density at radius 3 is 2.57 bits per heavy atom. The second-order valence-corrected chi connectivity index (χ2v) is 3.59. The number of hydrogen-bond acceptors (Lipinski definition) is 4. The number of hydrogen-bond donors (Lipinski definition) is 0. The monoisotopic (exact) mass is 197 g/mol. The molecule has 1 aliphatic rings. The summed E-state index contributed by atoms with van der Waals surface area (Å²) in [6.45, 7) is 0. The minimum absolute atomic E-state index is 0.164. The van der Waals surface area contributed by atoms with Crippen molar-refractivity contribution in [1.82, 2.24) is 0 Å². The first-order valence-electron chi connectivity index (χ1n) is 4.94. The van der Waals surface area contributed by atoms with Gasteiger partial charge in [0.1, 0.15) is 0 Å². The third kappa shape index (κ3) is 2.67. The molecule has 1 rings (SSSR count). The topological polar surface area (TPSA) is 55.7 Å². The summed E-state index contributed by atoms with van der Waals surface area (Å²) in [6.07, 6.45) is 6.76. The van der Waals surface area contributed by atoms with Crippen LogP contribution in [0.15, 0.2) is 4.99 Å². The fraction of sp³-hybridized carbons (Fsp3) is 0.800. The largest absolute Gasteiger partial charge is 0.467 e. The molecule has 1 fully saturated rings. The van der Waals surface area contributed by atoms with Gasteiger partial charge < -0.3 is 4.74 Å². The molecule has 4 heteroatoms. The van der Waals surface area contributed by atoms with E-state index in [0.717, 1.165) is 25.7 Å². The predicted molar refractivity (Wildman–Crippen MR) is 50.5 cm³/mol. The van der Waals surface area contributed by atoms with Crippen molar-refractivity contribution in [3.05, 3.63) is 0 Å². The Kier molecular flexibility index (Phi) is 4.33. The molecule has 1 aliphatic carbocycles. The van der Waals surface area contributed by atoms with Crippen LogP contribution in [0.3, 0.4) is 0 Å². The maximum absolute atomic E-state index is 11.3. The van der Waals surface area contributed by atoms with E-state index in [1.54, 1.807) is 0 Å². The van der Waals surface area contributed by atoms with Gasteiger partial charge in [-0.25, -0.2) is 9.59 Å². The zero-order chi connectivity index (χ0) is 10.4. The number of carbonyl (C=O) groups excluding carboxylic acids is 2. The van der Waals surface area contributed by atoms with Crippen LogP contribution in [0.2, 0.25) is 0 Å². The molecule has 1 atom stereocenters. The van der Waals surface area contributed by atoms with Crippen LogP contribution < -0.4 is 0 Å². The van der Waals surface area contributed by atoms with E-state index < -0.39 is 12.0 Å². The lowest BCUT2D eigenvalue weighted by Crippen LogP contribution is -2.30. The van der Waals surface area contributed by atoms with Crippen LogP contribution >= 0.6 is 0 Å². The zero-order valence-electron chi connectivity index (χ0n) is 8.36. The maximum Gasteiger partial charge on any atom is 0.331 e. The second-order valence-electron chi connectivity index (χ2n) is 3.59. The SMILES string of the molecule is COC(=O)C(N=C=O)C1CCCCC1. The minimum Gasteiger partial charge on any atom is -0.467 e. The van der Waals surface area contributed by atoms with Crippen molar-refractivity contribution >= 4 is 12.0 Å². The fourth-order valence-electron chi connectivity index (χ4n) is 1.98. The Bertz CT molecular complexity index is 240. The molecule has 14 heavy (non-hydrogen) atoms. The molecule has 0 spiro atoms. The number of ether oxygens (including phenoxy) is 1. The third-order valence-corrected chi connectivity index (χ3v) is 2.73. The average molecular weight is 197 g/mol. The van der Waals surface area contributed by atoms with Crippen molar-refractivity contribution in [3.63, 3.8) is 0 Å². The third-order valence-electron chi connectivity index (χ3n) is 2.73. The Morgan fingerprint density at radius 2 is 2.07 bits per heavy atom. The van der Waals surface area contributed by atoms with Gasteiger partial charge in [-0.15, -0.1) is 0 Å². The summed E-state index contributed by atoms with van der Waals surface area (Å²) in [4.78, 5) is 25.0. The lowest BCUT2D eigenvalue weighted by atomic mass is 9.84. The molecule has 0 heterocycles. The standard InChI is InChI=1S/C10H15NO3/c1-14-10(13)9(11-7-12)8-5-3-2-4-6-8/h8-9H,2-6H2,1H3. The molecule has 0 saturated heterocycles. The maximum atomic E-state index is 11.3. The summed E-state index contributed by atoms with van der Waals surface area (Å²) in [7, 11) is 1.32. The first kappa shape index (κ1) is 10.9. The van der Waals surface area contributed by atoms with Crippen molar-refractivity contribution in [2.75, 3.05) is 7.11 Å². The van der Waals surface area contributed by atoms with E-state index in [9.17, 15) is 9.59 Å². The van der Waals surface area contributed by atoms with E-state index in [1.165, 1.54) is 19.6 Å². The molecule has 4 nitrogen and oxygen atoms in total. The van der Waals surface area contributed by atoms with Gasteiger partial charge in [-0.3, -0.25) is 0 Å². The summed E-state index contributed by atoms with van der Waals surface area (Å²) in [5.74, 6) is -0.252. The summed E-state index contributed by atoms with van der Waals surface area (Å²) in [5.41, 5.74) is 0. The van der Waals surface area contributed by atoms with Crippen molar-refractivity contribution in [2.45, 2.75) is 38.1 Å². The molecule has 0 radical (unpaired) electrons. The van der Waals surface area contributed by atoms with Gasteiger partial charge in [-0.05, 0) is 18.8 Å². The number of esters is 1. The van der Waals surface area contributed by atoms with Crippen molar-refractivity contribution < 1.29 is 14.3 Å². The molecule has 0 N–H and O–H groups in total. The summed E-state index contributed by atoms with van der Waals surface area (Å²) in [5, 5.41) is 0. The first-order chi connectivity index (χ1) is 6.79. The Labute approximate surface area is 83.3 Å². The summed E-state index contributed by atoms with van der Waals surface area (Å²) in [6, 6.07) is -0.627. The highest BCUT2D eigenvalue weighted by molar-refractivity contribution is 5.77. The van der Waals surface area contributed by atoms with Crippen LogP contribution in [0.25, 0.3) is 0 Å². The molecule has 0 aromatic rings. The fourth-order valence-corrected chi connectivity index (χ4v) is 1.98. The van der Waals surface area contributed by atoms with Gasteiger partial charge >= 0.3 is 5.97 Å². The normalized spacial score (nSPS) is 19.5. The number of rotatable bonds is 3. The van der Waals surface area contributed by atoms with Crippen LogP contribution in [0, 0.1) is 5.92 Å². The highest BCUT2D eigenvalue weighted by Gasteiger charge is 2.29. The number of carbonyl (C=O) groups is 1. The van der Waals surface area contributed by atoms with Gasteiger partial charge in [0.15, 0.2) is 6.04 Å². The summed E-state index contributed by atoms with van der Waals surface area (Å²) >= 11 is 0. The first-order valence-corrected chi connectivity index (χ1v) is 4.94. The van der Waals surface area contributed by atoms with Gasteiger partial charge in [0.2, 0.25) is 6.08 Å². The van der Waals surface area contributed by atoms with Gasteiger partial charge in [-0.2, -0.15) is 4.99 Å². The molecule has 0 aromatic heterocycles. The van der Waals surface area contributed by atoms with Crippen LogP contribution in [-0.4, -0.2) is 25.2 Å². The predicted octanol–water partition coefficient (Wildman–Crippen LogP) is 1.44. The molecule has 0 aliphatic heterocycles. The molecule has 1 unspecified atom stereocenters. The minimum atomic E-state index is -0.627. The summed E-state index contributed by atoms with van der Waals surface area (Å²) < 4.78 is 4.61. The number of nitrogens with zero attached hydrogens (tertiary/aromatic N) is 1. The quantitative estimate of drug-likeness (QED) is 0.391. The Morgan fingerprint density at radius 1 is 1.43 bits per heavy atom. The smallest absolute Gasteiger partial charge is 0.331 e. The van der Waals surface area contributed by atoms with Crippen LogP contribution in [0.4, 0.5) is 0 Å². The van der Waals surface area contributed by atoms with Crippen LogP contribution in [0.5, 0.6) is 0 Å². The highest BCUT2D eigenvalue weighted by atomic mass is 16.5. The Balaban J connectivity index is 2.64. The van der Waals surface area contributed by atoms with E-state index in [1.807, 2.05) is 0 Å². The van der Waals surface area contributed by atoms with E-state index in [0.29, 0.717) is 0 Å². The molecule has 0 bridgehead atoms. The second kappa shape index (κ2) is 5.55. The van der Waals surface area contributed by atoms with E-state index in [-0.39, 0.29) is 5.92 Å². The van der Waals surface area contributed by atoms with Gasteiger partial charge in [0.05, 0.1) is 7.11 Å². The average Bonchev–Trinajstić information content (AvgIpc) is 2.26. The molecule has 1 saturated carbocycles. The number of methoxy groups -OCH3 is 1. The molecular weight excluding hydrogens is 182 g/mol. The van der Waals surface area contributed by atoms with Crippen molar-refractivity contribution in [1.29, 1.82) is 0 Å². The van der Waals surface area contributed by atoms with Crippen molar-refractivity contribution in [3.8, 4) is 0 Å². The number of aliphatic imine (C=N–C) groups is 1. The van der Waals surface area contributed by atoms with Gasteiger partial charge in [0.25, 0.3) is 0 Å². The Hall–Kier alpha value is -1.15. The number of isocyanates is 1. The molecule has 0 aromatic carbocycles. The molecular formula is C10H15NO3. The lowest BCUT2D eigenvalue weighted by molar-refractivity contribution is -0.143. The van der Waals surface area contributed by atoms with E-state index >= 15 is 0 Å². The van der Waals surface area contributed by atoms with Crippen LogP contribution in [-0.2, 0) is 14.3 Å². The molecule has 78 valence electrons. The lowest BCUT2D eigenvalue weighted by Gasteiger charge is -2.24. The molecule has 0 amide bonds. The zero-order valence-corrected chi connectivity index (χ0v) is 8.36. The highest BCUT2D eigenvalue weighted by Crippen LogP contribution is 2.28. The van der Waals surface area contributed by atoms with E-state index in [2.05, 4.69) is 9.73 Å². The van der Waals surface area contributed by atoms with Crippen LogP contribution in [0.1, 0.15) is 32.1 Å². The van der Waals surface area contributed by atoms with Gasteiger partial charge in [0, 0.05) is 0 Å². The van der Waals surface area contributed by atoms with Crippen molar-refractivity contribution in [2.24, 2.45) is 10.9 Å². The van der Waals surface area contributed by atoms with E-state index in [4.69, 9.17) is 0 Å².